The maximum Gasteiger partial charge on any atom is 0.319 e. The zero-order valence-electron chi connectivity index (χ0n) is 45.4. The molecule has 0 saturated carbocycles. The summed E-state index contributed by atoms with van der Waals surface area (Å²) in [5.41, 5.74) is 3.08. The maximum atomic E-state index is 14.1. The van der Waals surface area contributed by atoms with Gasteiger partial charge in [0.25, 0.3) is 0 Å². The summed E-state index contributed by atoms with van der Waals surface area (Å²) in [5.74, 6) is 0. The lowest BCUT2D eigenvalue weighted by Crippen LogP contribution is -2.44. The Morgan fingerprint density at radius 2 is 0.622 bits per heavy atom. The second kappa shape index (κ2) is 28.6. The lowest BCUT2D eigenvalue weighted by atomic mass is 9.68. The quantitative estimate of drug-likeness (QED) is 0.0305. The molecule has 82 heavy (non-hydrogen) atoms. The van der Waals surface area contributed by atoms with Crippen LogP contribution in [0.25, 0.3) is 0 Å². The molecule has 0 aliphatic rings. The second-order valence-electron chi connectivity index (χ2n) is 19.9. The average Bonchev–Trinajstić information content (AvgIpc) is 3.52. The molecule has 0 heterocycles. The molecular weight excluding hydrogens is 1050 g/mol. The number of rotatable bonds is 23. The van der Waals surface area contributed by atoms with Crippen molar-refractivity contribution in [1.82, 2.24) is 21.3 Å². The Balaban J connectivity index is 1.36. The normalized spacial score (nSPS) is 14.9. The highest BCUT2D eigenvalue weighted by molar-refractivity contribution is 5.96. The van der Waals surface area contributed by atoms with Crippen molar-refractivity contribution in [2.75, 3.05) is 47.7 Å². The van der Waals surface area contributed by atoms with Gasteiger partial charge >= 0.3 is 24.1 Å². The van der Waals surface area contributed by atoms with Gasteiger partial charge in [-0.1, -0.05) is 152 Å². The SMILES string of the molecule is Cc1c(NC(=O)NC(CO)C(O)c2ccccc2)cc(NC(=O)NC(CO)C(O)c2ccccc2)cc1C(C)(c1ccccc1)c1cc(NC(=O)NC(CO)C(O)c2ccccc2)cc(NC(=O)NC(CO)C(O)c2ccccc2)c1C. The molecule has 0 fully saturated rings. The molecule has 8 amide bonds. The second-order valence-corrected chi connectivity index (χ2v) is 19.9. The van der Waals surface area contributed by atoms with Crippen LogP contribution in [-0.4, -0.2) is 116 Å². The van der Waals surface area contributed by atoms with E-state index < -0.39 is 105 Å². The monoisotopic (exact) mass is 1120 g/mol. The molecule has 0 aromatic heterocycles. The average molecular weight is 1120 g/mol. The molecule has 8 atom stereocenters. The minimum absolute atomic E-state index is 0.0903. The number of carbonyl (C=O) groups excluding carboxylic acids is 4. The van der Waals surface area contributed by atoms with Crippen molar-refractivity contribution in [3.8, 4) is 0 Å². The van der Waals surface area contributed by atoms with Crippen molar-refractivity contribution in [2.45, 2.75) is 74.8 Å². The van der Waals surface area contributed by atoms with E-state index >= 15 is 0 Å². The fraction of sp³-hybridized carbons (Fsp3) is 0.258. The van der Waals surface area contributed by atoms with Gasteiger partial charge in [0.15, 0.2) is 0 Å². The van der Waals surface area contributed by atoms with Gasteiger partial charge in [-0.05, 0) is 95.1 Å². The molecule has 20 heteroatoms. The maximum absolute atomic E-state index is 14.1. The van der Waals surface area contributed by atoms with Crippen LogP contribution in [0.4, 0.5) is 41.9 Å². The Morgan fingerprint density at radius 3 is 0.878 bits per heavy atom. The first-order valence-electron chi connectivity index (χ1n) is 26.5. The largest absolute Gasteiger partial charge is 0.394 e. The number of urea groups is 4. The Morgan fingerprint density at radius 1 is 0.378 bits per heavy atom. The summed E-state index contributed by atoms with van der Waals surface area (Å²) in [6.07, 6.45) is -5.28. The number of nitrogens with one attached hydrogen (secondary N) is 8. The Kier molecular flexibility index (Phi) is 21.3. The van der Waals surface area contributed by atoms with Crippen LogP contribution < -0.4 is 42.5 Å². The molecule has 0 bridgehead atoms. The van der Waals surface area contributed by atoms with Crippen molar-refractivity contribution in [3.05, 3.63) is 226 Å². The van der Waals surface area contributed by atoms with Gasteiger partial charge in [0.2, 0.25) is 0 Å². The highest BCUT2D eigenvalue weighted by atomic mass is 16.3. The van der Waals surface area contributed by atoms with E-state index in [9.17, 15) is 60.0 Å². The lowest BCUT2D eigenvalue weighted by molar-refractivity contribution is 0.0948. The highest BCUT2D eigenvalue weighted by Crippen LogP contribution is 2.47. The molecule has 7 aromatic rings. The summed E-state index contributed by atoms with van der Waals surface area (Å²) in [6, 6.07) is 41.0. The number of aliphatic hydroxyl groups is 8. The molecule has 0 saturated heterocycles. The van der Waals surface area contributed by atoms with Crippen LogP contribution in [0, 0.1) is 13.8 Å². The molecule has 7 rings (SSSR count). The van der Waals surface area contributed by atoms with Crippen LogP contribution >= 0.6 is 0 Å². The van der Waals surface area contributed by atoms with Crippen molar-refractivity contribution < 1.29 is 60.0 Å². The van der Waals surface area contributed by atoms with Crippen molar-refractivity contribution in [1.29, 1.82) is 0 Å². The van der Waals surface area contributed by atoms with Gasteiger partial charge in [-0.2, -0.15) is 0 Å². The topological polar surface area (TPSA) is 326 Å². The van der Waals surface area contributed by atoms with Crippen LogP contribution in [-0.2, 0) is 5.41 Å². The van der Waals surface area contributed by atoms with E-state index in [0.29, 0.717) is 50.1 Å². The van der Waals surface area contributed by atoms with Gasteiger partial charge in [-0.3, -0.25) is 0 Å². The Hall–Kier alpha value is -8.70. The first-order chi connectivity index (χ1) is 39.5. The number of anilines is 4. The van der Waals surface area contributed by atoms with Crippen LogP contribution in [0.3, 0.4) is 0 Å². The predicted octanol–water partition coefficient (Wildman–Crippen LogP) is 6.52. The summed E-state index contributed by atoms with van der Waals surface area (Å²) >= 11 is 0. The van der Waals surface area contributed by atoms with Crippen LogP contribution in [0.15, 0.2) is 176 Å². The Labute approximate surface area is 474 Å². The van der Waals surface area contributed by atoms with E-state index in [1.165, 1.54) is 12.1 Å². The molecule has 16 N–H and O–H groups in total. The highest BCUT2D eigenvalue weighted by Gasteiger charge is 2.37. The first kappa shape index (κ1) is 60.9. The fourth-order valence-electron chi connectivity index (χ4n) is 9.85. The van der Waals surface area contributed by atoms with E-state index in [0.717, 1.165) is 0 Å². The minimum atomic E-state index is -1.40. The Bertz CT molecular complexity index is 3030. The minimum Gasteiger partial charge on any atom is -0.394 e. The number of amides is 8. The molecule has 0 aliphatic carbocycles. The third-order valence-corrected chi connectivity index (χ3v) is 14.4. The van der Waals surface area contributed by atoms with Gasteiger partial charge < -0.3 is 83.4 Å². The summed E-state index contributed by atoms with van der Waals surface area (Å²) in [7, 11) is 0. The number of aliphatic hydroxyl groups excluding tert-OH is 8. The van der Waals surface area contributed by atoms with E-state index in [1.54, 1.807) is 166 Å². The third-order valence-electron chi connectivity index (χ3n) is 14.4. The van der Waals surface area contributed by atoms with Crippen LogP contribution in [0.2, 0.25) is 0 Å². The zero-order valence-corrected chi connectivity index (χ0v) is 45.4. The van der Waals surface area contributed by atoms with E-state index in [2.05, 4.69) is 42.5 Å². The molecule has 8 unspecified atom stereocenters. The zero-order chi connectivity index (χ0) is 58.9. The van der Waals surface area contributed by atoms with E-state index in [4.69, 9.17) is 0 Å². The summed E-state index contributed by atoms with van der Waals surface area (Å²) < 4.78 is 0. The third kappa shape index (κ3) is 15.0. The molecule has 0 aliphatic heterocycles. The van der Waals surface area contributed by atoms with Crippen molar-refractivity contribution in [2.24, 2.45) is 0 Å². The lowest BCUT2D eigenvalue weighted by Gasteiger charge is -2.36. The molecule has 20 nitrogen and oxygen atoms in total. The van der Waals surface area contributed by atoms with Gasteiger partial charge in [-0.25, -0.2) is 19.2 Å². The van der Waals surface area contributed by atoms with Crippen LogP contribution in [0.1, 0.15) is 81.4 Å². The van der Waals surface area contributed by atoms with Crippen molar-refractivity contribution >= 4 is 46.9 Å². The van der Waals surface area contributed by atoms with E-state index in [1.807, 2.05) is 19.1 Å². The summed E-state index contributed by atoms with van der Waals surface area (Å²) in [5, 5.41) is 108. The molecular formula is C62H70N8O12. The molecule has 0 radical (unpaired) electrons. The molecule has 0 spiro atoms. The van der Waals surface area contributed by atoms with Crippen LogP contribution in [0.5, 0.6) is 0 Å². The standard InChI is InChI=1S/C62H70N8O12/c1-37-46(29-44(63-58(79)67-50(33-71)54(75)39-19-9-4-10-20-39)31-48(37)65-60(81)69-52(35-73)56(77)41-23-13-6-14-24-41)62(3,43-27-17-8-18-28-43)47-30-45(64-59(80)68-51(34-72)55(76)40-21-11-5-12-22-40)32-49(38(47)2)66-61(82)70-53(36-74)57(78)42-25-15-7-16-26-42/h4-32,50-57,71-78H,33-36H2,1-3H3,(H2,63,67,79)(H2,64,68,80)(H2,65,69,81)(H2,66,70,82). The number of hydrogen-bond acceptors (Lipinski definition) is 12. The molecule has 430 valence electrons. The number of hydrogen-bond donors (Lipinski definition) is 16. The van der Waals surface area contributed by atoms with Gasteiger partial charge in [-0.15, -0.1) is 0 Å². The molecule has 7 aromatic carbocycles. The summed E-state index contributed by atoms with van der Waals surface area (Å²) in [6.45, 7) is 2.67. The van der Waals surface area contributed by atoms with Gasteiger partial charge in [0, 0.05) is 28.2 Å². The first-order valence-corrected chi connectivity index (χ1v) is 26.5. The number of benzene rings is 7. The van der Waals surface area contributed by atoms with E-state index in [-0.39, 0.29) is 22.7 Å². The van der Waals surface area contributed by atoms with Crippen molar-refractivity contribution in [3.63, 3.8) is 0 Å². The predicted molar refractivity (Wildman–Crippen MR) is 312 cm³/mol. The summed E-state index contributed by atoms with van der Waals surface area (Å²) in [4.78, 5) is 56.4. The fourth-order valence-corrected chi connectivity index (χ4v) is 9.85. The van der Waals surface area contributed by atoms with Gasteiger partial charge in [0.1, 0.15) is 24.4 Å². The van der Waals surface area contributed by atoms with Gasteiger partial charge in [0.05, 0.1) is 50.6 Å². The smallest absolute Gasteiger partial charge is 0.319 e. The number of carbonyl (C=O) groups is 4.